The minimum atomic E-state index is -0.412. The van der Waals surface area contributed by atoms with Gasteiger partial charge in [-0.05, 0) is 42.5 Å². The van der Waals surface area contributed by atoms with Crippen LogP contribution in [0.3, 0.4) is 0 Å². The molecule has 1 amide bonds. The Balaban J connectivity index is 1.40. The zero-order valence-corrected chi connectivity index (χ0v) is 17.7. The summed E-state index contributed by atoms with van der Waals surface area (Å²) in [4.78, 5) is 25.3. The normalized spacial score (nSPS) is 11.5. The maximum Gasteiger partial charge on any atom is 0.306 e. The van der Waals surface area contributed by atoms with Crippen LogP contribution in [-0.2, 0) is 14.3 Å². The van der Waals surface area contributed by atoms with Crippen molar-refractivity contribution in [1.82, 2.24) is 5.32 Å². The highest BCUT2D eigenvalue weighted by Crippen LogP contribution is 2.25. The quantitative estimate of drug-likeness (QED) is 0.380. The molecule has 5 nitrogen and oxygen atoms in total. The second kappa shape index (κ2) is 11.2. The van der Waals surface area contributed by atoms with Crippen LogP contribution >= 0.6 is 11.3 Å². The first-order chi connectivity index (χ1) is 14.6. The van der Waals surface area contributed by atoms with E-state index in [-0.39, 0.29) is 25.0 Å². The number of ether oxygens (including phenoxy) is 2. The van der Waals surface area contributed by atoms with E-state index in [0.717, 1.165) is 21.8 Å². The number of rotatable bonds is 10. The van der Waals surface area contributed by atoms with Crippen molar-refractivity contribution in [3.8, 4) is 5.75 Å². The smallest absolute Gasteiger partial charge is 0.306 e. The summed E-state index contributed by atoms with van der Waals surface area (Å²) in [6, 6.07) is 21.1. The van der Waals surface area contributed by atoms with Gasteiger partial charge in [-0.1, -0.05) is 54.1 Å². The summed E-state index contributed by atoms with van der Waals surface area (Å²) < 4.78 is 10.7. The third-order valence-corrected chi connectivity index (χ3v) is 5.38. The molecule has 3 rings (SSSR count). The Morgan fingerprint density at radius 3 is 2.47 bits per heavy atom. The fourth-order valence-corrected chi connectivity index (χ4v) is 3.68. The van der Waals surface area contributed by atoms with Gasteiger partial charge in [-0.2, -0.15) is 0 Å². The fraction of sp³-hybridized carbons (Fsp3) is 0.250. The minimum Gasteiger partial charge on any atom is -0.494 e. The molecule has 1 atom stereocenters. The summed E-state index contributed by atoms with van der Waals surface area (Å²) in [7, 11) is 0. The molecule has 156 valence electrons. The Bertz CT molecular complexity index is 924. The van der Waals surface area contributed by atoms with Crippen molar-refractivity contribution in [2.75, 3.05) is 13.2 Å². The second-order valence-electron chi connectivity index (χ2n) is 6.85. The second-order valence-corrected chi connectivity index (χ2v) is 7.83. The fourth-order valence-electron chi connectivity index (χ4n) is 2.88. The van der Waals surface area contributed by atoms with Crippen molar-refractivity contribution in [1.29, 1.82) is 0 Å². The number of carbonyl (C=O) groups excluding carboxylic acids is 2. The van der Waals surface area contributed by atoms with Gasteiger partial charge in [0.05, 0.1) is 12.6 Å². The van der Waals surface area contributed by atoms with Crippen molar-refractivity contribution in [2.24, 2.45) is 0 Å². The lowest BCUT2D eigenvalue weighted by Gasteiger charge is -2.18. The number of aryl methyl sites for hydroxylation is 1. The Kier molecular flexibility index (Phi) is 8.03. The molecule has 1 N–H and O–H groups in total. The monoisotopic (exact) mass is 423 g/mol. The lowest BCUT2D eigenvalue weighted by Crippen LogP contribution is -2.32. The number of amides is 1. The Morgan fingerprint density at radius 2 is 1.77 bits per heavy atom. The first kappa shape index (κ1) is 21.6. The van der Waals surface area contributed by atoms with Crippen LogP contribution < -0.4 is 10.1 Å². The van der Waals surface area contributed by atoms with Gasteiger partial charge in [0.2, 0.25) is 0 Å². The molecule has 0 unspecified atom stereocenters. The topological polar surface area (TPSA) is 64.6 Å². The van der Waals surface area contributed by atoms with Gasteiger partial charge in [0.25, 0.3) is 5.91 Å². The molecule has 0 aliphatic rings. The van der Waals surface area contributed by atoms with E-state index in [2.05, 4.69) is 5.32 Å². The zero-order valence-electron chi connectivity index (χ0n) is 16.9. The predicted molar refractivity (Wildman–Crippen MR) is 118 cm³/mol. The lowest BCUT2D eigenvalue weighted by molar-refractivity contribution is -0.148. The SMILES string of the molecule is Cc1ccc(OCCCC(=O)OCC(=O)N[C@@H](c2ccccc2)c2cccs2)cc1. The third kappa shape index (κ3) is 6.74. The highest BCUT2D eigenvalue weighted by Gasteiger charge is 2.18. The summed E-state index contributed by atoms with van der Waals surface area (Å²) in [5.41, 5.74) is 2.14. The standard InChI is InChI=1S/C24H25NO4S/c1-18-11-13-20(14-12-18)28-15-5-10-23(27)29-17-22(26)25-24(21-9-6-16-30-21)19-7-3-2-4-8-19/h2-4,6-9,11-14,16,24H,5,10,15,17H2,1H3,(H,25,26)/t24-/m0/s1. The molecule has 0 radical (unpaired) electrons. The summed E-state index contributed by atoms with van der Waals surface area (Å²) in [6.07, 6.45) is 0.725. The van der Waals surface area contributed by atoms with Gasteiger partial charge in [-0.25, -0.2) is 0 Å². The molecule has 0 saturated heterocycles. The molecular weight excluding hydrogens is 398 g/mol. The first-order valence-electron chi connectivity index (χ1n) is 9.84. The van der Waals surface area contributed by atoms with Crippen LogP contribution in [0.15, 0.2) is 72.1 Å². The van der Waals surface area contributed by atoms with Gasteiger partial charge in [0.15, 0.2) is 6.61 Å². The molecule has 6 heteroatoms. The third-order valence-electron chi connectivity index (χ3n) is 4.45. The Hall–Kier alpha value is -3.12. The van der Waals surface area contributed by atoms with Crippen LogP contribution in [-0.4, -0.2) is 25.1 Å². The molecule has 0 aliphatic carbocycles. The van der Waals surface area contributed by atoms with Crippen LogP contribution in [0.1, 0.15) is 34.9 Å². The Labute approximate surface area is 180 Å². The van der Waals surface area contributed by atoms with Gasteiger partial charge in [0, 0.05) is 11.3 Å². The summed E-state index contributed by atoms with van der Waals surface area (Å²) >= 11 is 1.57. The van der Waals surface area contributed by atoms with Crippen LogP contribution in [0.2, 0.25) is 0 Å². The van der Waals surface area contributed by atoms with E-state index in [1.54, 1.807) is 11.3 Å². The van der Waals surface area contributed by atoms with Crippen molar-refractivity contribution in [3.05, 3.63) is 88.1 Å². The van der Waals surface area contributed by atoms with Crippen LogP contribution in [0.5, 0.6) is 5.75 Å². The summed E-state index contributed by atoms with van der Waals surface area (Å²) in [5, 5.41) is 4.92. The molecule has 1 heterocycles. The zero-order chi connectivity index (χ0) is 21.2. The summed E-state index contributed by atoms with van der Waals surface area (Å²) in [6.45, 7) is 2.13. The van der Waals surface area contributed by atoms with Crippen LogP contribution in [0.25, 0.3) is 0 Å². The van der Waals surface area contributed by atoms with Crippen LogP contribution in [0, 0.1) is 6.92 Å². The van der Waals surface area contributed by atoms with Gasteiger partial charge in [0.1, 0.15) is 5.75 Å². The van der Waals surface area contributed by atoms with E-state index in [4.69, 9.17) is 9.47 Å². The summed E-state index contributed by atoms with van der Waals surface area (Å²) in [5.74, 6) is 0.0282. The Morgan fingerprint density at radius 1 is 1.00 bits per heavy atom. The van der Waals surface area contributed by atoms with E-state index < -0.39 is 5.97 Å². The van der Waals surface area contributed by atoms with E-state index in [9.17, 15) is 9.59 Å². The van der Waals surface area contributed by atoms with Gasteiger partial charge >= 0.3 is 5.97 Å². The maximum absolute atomic E-state index is 12.4. The maximum atomic E-state index is 12.4. The van der Waals surface area contributed by atoms with E-state index >= 15 is 0 Å². The number of nitrogens with one attached hydrogen (secondary N) is 1. The largest absolute Gasteiger partial charge is 0.494 e. The van der Waals surface area contributed by atoms with E-state index in [0.29, 0.717) is 13.0 Å². The molecule has 0 saturated carbocycles. The first-order valence-corrected chi connectivity index (χ1v) is 10.7. The van der Waals surface area contributed by atoms with Crippen molar-refractivity contribution in [3.63, 3.8) is 0 Å². The number of thiophene rings is 1. The highest BCUT2D eigenvalue weighted by atomic mass is 32.1. The van der Waals surface area contributed by atoms with Crippen molar-refractivity contribution < 1.29 is 19.1 Å². The van der Waals surface area contributed by atoms with E-state index in [1.165, 1.54) is 0 Å². The van der Waals surface area contributed by atoms with Gasteiger partial charge < -0.3 is 14.8 Å². The number of hydrogen-bond acceptors (Lipinski definition) is 5. The molecule has 30 heavy (non-hydrogen) atoms. The van der Waals surface area contributed by atoms with E-state index in [1.807, 2.05) is 79.0 Å². The molecule has 3 aromatic rings. The number of carbonyl (C=O) groups is 2. The molecule has 2 aromatic carbocycles. The molecule has 0 aliphatic heterocycles. The van der Waals surface area contributed by atoms with Crippen molar-refractivity contribution >= 4 is 23.2 Å². The predicted octanol–water partition coefficient (Wildman–Crippen LogP) is 4.66. The average Bonchev–Trinajstić information content (AvgIpc) is 3.30. The molecule has 0 fully saturated rings. The van der Waals surface area contributed by atoms with Crippen molar-refractivity contribution in [2.45, 2.75) is 25.8 Å². The number of hydrogen-bond donors (Lipinski definition) is 1. The highest BCUT2D eigenvalue weighted by molar-refractivity contribution is 7.10. The molecule has 1 aromatic heterocycles. The van der Waals surface area contributed by atoms with Gasteiger partial charge in [-0.15, -0.1) is 11.3 Å². The number of benzene rings is 2. The molecule has 0 spiro atoms. The van der Waals surface area contributed by atoms with Gasteiger partial charge in [-0.3, -0.25) is 9.59 Å². The van der Waals surface area contributed by atoms with Crippen LogP contribution in [0.4, 0.5) is 0 Å². The molecular formula is C24H25NO4S. The lowest BCUT2D eigenvalue weighted by atomic mass is 10.1. The molecule has 0 bridgehead atoms. The average molecular weight is 424 g/mol. The minimum absolute atomic E-state index is 0.201. The number of esters is 1.